The zero-order chi connectivity index (χ0) is 19.6. The summed E-state index contributed by atoms with van der Waals surface area (Å²) in [6, 6.07) is 36.0. The van der Waals surface area contributed by atoms with Gasteiger partial charge < -0.3 is 5.21 Å². The van der Waals surface area contributed by atoms with Crippen molar-refractivity contribution in [1.82, 2.24) is 5.06 Å². The Morgan fingerprint density at radius 2 is 1.10 bits per heavy atom. The average molecular weight is 380 g/mol. The summed E-state index contributed by atoms with van der Waals surface area (Å²) in [4.78, 5) is 0. The van der Waals surface area contributed by atoms with Crippen molar-refractivity contribution in [1.29, 1.82) is 0 Å². The summed E-state index contributed by atoms with van der Waals surface area (Å²) in [7, 11) is 0. The molecule has 1 fully saturated rings. The highest BCUT2D eigenvalue weighted by Crippen LogP contribution is 2.48. The van der Waals surface area contributed by atoms with Crippen molar-refractivity contribution in [3.05, 3.63) is 120 Å². The van der Waals surface area contributed by atoms with Crippen LogP contribution in [0.2, 0.25) is 0 Å². The number of hydrogen-bond donors (Lipinski definition) is 1. The Kier molecular flexibility index (Phi) is 4.89. The van der Waals surface area contributed by atoms with E-state index in [1.54, 1.807) is 5.06 Å². The lowest BCUT2D eigenvalue weighted by Crippen LogP contribution is -2.36. The van der Waals surface area contributed by atoms with Crippen LogP contribution >= 0.6 is 0 Å². The summed E-state index contributed by atoms with van der Waals surface area (Å²) in [5.41, 5.74) is 3.72. The molecule has 4 aromatic rings. The van der Waals surface area contributed by atoms with Gasteiger partial charge >= 0.3 is 0 Å². The molecular weight excluding hydrogens is 354 g/mol. The van der Waals surface area contributed by atoms with E-state index < -0.39 is 0 Å². The van der Waals surface area contributed by atoms with Crippen molar-refractivity contribution in [3.63, 3.8) is 0 Å². The fraction of sp³-hybridized carbons (Fsp3) is 0.185. The number of piperidine rings is 1. The van der Waals surface area contributed by atoms with Crippen LogP contribution in [0, 0.1) is 0 Å². The van der Waals surface area contributed by atoms with E-state index in [9.17, 15) is 5.21 Å². The predicted molar refractivity (Wildman–Crippen MR) is 118 cm³/mol. The molecule has 2 heteroatoms. The summed E-state index contributed by atoms with van der Waals surface area (Å²) in [5, 5.41) is 15.4. The minimum atomic E-state index is -0.0286. The van der Waals surface area contributed by atoms with Gasteiger partial charge in [0.25, 0.3) is 0 Å². The Morgan fingerprint density at radius 3 is 1.72 bits per heavy atom. The highest BCUT2D eigenvalue weighted by Gasteiger charge is 2.37. The molecule has 29 heavy (non-hydrogen) atoms. The molecule has 0 amide bonds. The first-order chi connectivity index (χ1) is 14.3. The van der Waals surface area contributed by atoms with Crippen LogP contribution in [0.4, 0.5) is 0 Å². The van der Waals surface area contributed by atoms with Gasteiger partial charge in [0.2, 0.25) is 0 Å². The summed E-state index contributed by atoms with van der Waals surface area (Å²) < 4.78 is 0. The van der Waals surface area contributed by atoms with E-state index in [0.717, 1.165) is 12.8 Å². The molecule has 144 valence electrons. The second-order valence-electron chi connectivity index (χ2n) is 7.97. The predicted octanol–water partition coefficient (Wildman–Crippen LogP) is 6.89. The first-order valence-electron chi connectivity index (χ1n) is 10.4. The molecule has 0 aliphatic carbocycles. The van der Waals surface area contributed by atoms with Gasteiger partial charge in [-0.2, -0.15) is 5.06 Å². The van der Waals surface area contributed by atoms with Gasteiger partial charge in [0.05, 0.1) is 12.1 Å². The monoisotopic (exact) mass is 379 g/mol. The maximum atomic E-state index is 11.2. The number of nitrogens with zero attached hydrogens (tertiary/aromatic N) is 1. The van der Waals surface area contributed by atoms with Crippen molar-refractivity contribution in [2.24, 2.45) is 0 Å². The molecule has 4 aromatic carbocycles. The van der Waals surface area contributed by atoms with Crippen molar-refractivity contribution in [2.45, 2.75) is 30.8 Å². The van der Waals surface area contributed by atoms with Crippen molar-refractivity contribution >= 4 is 10.8 Å². The Labute approximate surface area is 172 Å². The number of fused-ring (bicyclic) bond motifs is 1. The van der Waals surface area contributed by atoms with Crippen LogP contribution in [0.3, 0.4) is 0 Å². The topological polar surface area (TPSA) is 23.5 Å². The third kappa shape index (κ3) is 3.46. The molecule has 1 aliphatic heterocycles. The van der Waals surface area contributed by atoms with Crippen LogP contribution in [0.5, 0.6) is 0 Å². The van der Waals surface area contributed by atoms with Gasteiger partial charge in [-0.1, -0.05) is 103 Å². The number of hydrogen-bond acceptors (Lipinski definition) is 2. The lowest BCUT2D eigenvalue weighted by molar-refractivity contribution is -0.185. The Hall–Kier alpha value is -2.94. The molecule has 3 atom stereocenters. The Morgan fingerprint density at radius 1 is 0.586 bits per heavy atom. The van der Waals surface area contributed by atoms with Crippen molar-refractivity contribution in [2.75, 3.05) is 0 Å². The van der Waals surface area contributed by atoms with Crippen LogP contribution < -0.4 is 0 Å². The molecule has 1 heterocycles. The second-order valence-corrected chi connectivity index (χ2v) is 7.97. The molecule has 0 saturated carbocycles. The lowest BCUT2D eigenvalue weighted by atomic mass is 9.77. The van der Waals surface area contributed by atoms with Crippen LogP contribution in [-0.2, 0) is 0 Å². The molecule has 0 aromatic heterocycles. The van der Waals surface area contributed by atoms with Crippen LogP contribution in [0.25, 0.3) is 10.8 Å². The van der Waals surface area contributed by atoms with Gasteiger partial charge in [-0.25, -0.2) is 0 Å². The quantitative estimate of drug-likeness (QED) is 0.419. The zero-order valence-electron chi connectivity index (χ0n) is 16.4. The highest BCUT2D eigenvalue weighted by atomic mass is 16.5. The molecule has 1 saturated heterocycles. The molecule has 1 N–H and O–H groups in total. The maximum absolute atomic E-state index is 11.2. The van der Waals surface area contributed by atoms with Crippen molar-refractivity contribution in [3.8, 4) is 0 Å². The van der Waals surface area contributed by atoms with Crippen LogP contribution in [0.1, 0.15) is 47.5 Å². The van der Waals surface area contributed by atoms with E-state index in [1.165, 1.54) is 27.5 Å². The molecule has 1 unspecified atom stereocenters. The fourth-order valence-corrected chi connectivity index (χ4v) is 4.86. The molecule has 0 spiro atoms. The summed E-state index contributed by atoms with van der Waals surface area (Å²) >= 11 is 0. The fourth-order valence-electron chi connectivity index (χ4n) is 4.86. The van der Waals surface area contributed by atoms with Gasteiger partial charge in [0.15, 0.2) is 0 Å². The highest BCUT2D eigenvalue weighted by molar-refractivity contribution is 5.86. The molecule has 0 radical (unpaired) electrons. The second kappa shape index (κ2) is 7.82. The van der Waals surface area contributed by atoms with Crippen molar-refractivity contribution < 1.29 is 5.21 Å². The van der Waals surface area contributed by atoms with Gasteiger partial charge in [-0.3, -0.25) is 0 Å². The van der Waals surface area contributed by atoms with E-state index in [2.05, 4.69) is 91.0 Å². The standard InChI is InChI=1S/C27H25NO/c29-28-26(21-11-3-1-4-12-21)18-23(19-27(28)22-13-5-2-6-14-22)25-17-9-15-20-10-7-8-16-24(20)25/h1-17,23,26-27,29H,18-19H2/t23?,26-,27+. The first-order valence-corrected chi connectivity index (χ1v) is 10.4. The zero-order valence-corrected chi connectivity index (χ0v) is 16.4. The molecule has 0 bridgehead atoms. The smallest absolute Gasteiger partial charge is 0.0612 e. The van der Waals surface area contributed by atoms with Gasteiger partial charge in [0.1, 0.15) is 0 Å². The number of rotatable bonds is 3. The number of benzene rings is 4. The van der Waals surface area contributed by atoms with Gasteiger partial charge in [-0.05, 0) is 46.2 Å². The van der Waals surface area contributed by atoms with Gasteiger partial charge in [-0.15, -0.1) is 0 Å². The van der Waals surface area contributed by atoms with E-state index in [1.807, 2.05) is 12.1 Å². The van der Waals surface area contributed by atoms with Gasteiger partial charge in [0, 0.05) is 0 Å². The minimum absolute atomic E-state index is 0.0286. The normalized spacial score (nSPS) is 22.6. The third-order valence-corrected chi connectivity index (χ3v) is 6.29. The third-order valence-electron chi connectivity index (χ3n) is 6.29. The number of hydroxylamine groups is 2. The SMILES string of the molecule is ON1[C@@H](c2ccccc2)CC(c2cccc3ccccc23)C[C@H]1c1ccccc1. The molecule has 2 nitrogen and oxygen atoms in total. The first kappa shape index (κ1) is 18.1. The lowest BCUT2D eigenvalue weighted by Gasteiger charge is -2.42. The van der Waals surface area contributed by atoms with E-state index >= 15 is 0 Å². The van der Waals surface area contributed by atoms with E-state index in [0.29, 0.717) is 5.92 Å². The maximum Gasteiger partial charge on any atom is 0.0612 e. The summed E-state index contributed by atoms with van der Waals surface area (Å²) in [6.45, 7) is 0. The van der Waals surface area contributed by atoms with Crippen LogP contribution in [0.15, 0.2) is 103 Å². The average Bonchev–Trinajstić information content (AvgIpc) is 2.80. The Bertz CT molecular complexity index is 1040. The molecular formula is C27H25NO. The Balaban J connectivity index is 1.60. The molecule has 5 rings (SSSR count). The van der Waals surface area contributed by atoms with Crippen LogP contribution in [-0.4, -0.2) is 10.3 Å². The largest absolute Gasteiger partial charge is 0.313 e. The van der Waals surface area contributed by atoms with E-state index in [-0.39, 0.29) is 12.1 Å². The molecule has 1 aliphatic rings. The summed E-state index contributed by atoms with van der Waals surface area (Å²) in [5.74, 6) is 0.375. The van der Waals surface area contributed by atoms with E-state index in [4.69, 9.17) is 0 Å². The summed E-state index contributed by atoms with van der Waals surface area (Å²) in [6.07, 6.45) is 1.80. The minimum Gasteiger partial charge on any atom is -0.313 e.